The second-order valence-corrected chi connectivity index (χ2v) is 4.57. The third-order valence-electron chi connectivity index (χ3n) is 2.32. The van der Waals surface area contributed by atoms with Crippen LogP contribution in [0.3, 0.4) is 0 Å². The Hall–Kier alpha value is 0.500. The summed E-state index contributed by atoms with van der Waals surface area (Å²) in [6.45, 7) is 0. The molecule has 11 heavy (non-hydrogen) atoms. The smallest absolute Gasteiger partial charge is 0.110 e. The lowest BCUT2D eigenvalue weighted by molar-refractivity contribution is 0.248. The zero-order valence-corrected chi connectivity index (χ0v) is 7.91. The molecule has 0 aromatic rings. The second-order valence-electron chi connectivity index (χ2n) is 3.41. The number of halogens is 2. The molecule has 1 fully saturated rings. The van der Waals surface area contributed by atoms with E-state index in [1.807, 2.05) is 0 Å². The number of nitrogens with two attached hydrogens (primary N) is 2. The molecule has 0 amide bonds. The van der Waals surface area contributed by atoms with Crippen LogP contribution in [0.4, 0.5) is 0 Å². The second kappa shape index (κ2) is 3.48. The van der Waals surface area contributed by atoms with Crippen molar-refractivity contribution in [3.63, 3.8) is 0 Å². The average Bonchev–Trinajstić information content (AvgIpc) is 1.86. The van der Waals surface area contributed by atoms with E-state index >= 15 is 0 Å². The van der Waals surface area contributed by atoms with Crippen LogP contribution >= 0.6 is 23.2 Å². The van der Waals surface area contributed by atoms with Crippen molar-refractivity contribution in [2.45, 2.75) is 36.2 Å². The van der Waals surface area contributed by atoms with Gasteiger partial charge in [-0.15, -0.1) is 23.2 Å². The monoisotopic (exact) mass is 196 g/mol. The van der Waals surface area contributed by atoms with Gasteiger partial charge in [-0.2, -0.15) is 0 Å². The molecule has 4 heteroatoms. The summed E-state index contributed by atoms with van der Waals surface area (Å²) in [5.74, 6) is 0.388. The first-order chi connectivity index (χ1) is 5.01. The summed E-state index contributed by atoms with van der Waals surface area (Å²) >= 11 is 11.5. The fraction of sp³-hybridized carbons (Fsp3) is 1.00. The number of alkyl halides is 2. The molecule has 0 heterocycles. The minimum absolute atomic E-state index is 0.258. The topological polar surface area (TPSA) is 52.0 Å². The van der Waals surface area contributed by atoms with Crippen molar-refractivity contribution in [1.82, 2.24) is 0 Å². The normalized spacial score (nSPS) is 25.9. The minimum Gasteiger partial charge on any atom is -0.313 e. The highest BCUT2D eigenvalue weighted by Crippen LogP contribution is 2.32. The van der Waals surface area contributed by atoms with Crippen LogP contribution in [0.2, 0.25) is 0 Å². The number of rotatable bonds is 1. The fourth-order valence-corrected chi connectivity index (χ4v) is 1.93. The number of hydrogen-bond acceptors (Lipinski definition) is 2. The Bertz CT molecular complexity index is 126. The van der Waals surface area contributed by atoms with E-state index in [9.17, 15) is 0 Å². The van der Waals surface area contributed by atoms with Gasteiger partial charge in [0.05, 0.1) is 5.66 Å². The maximum Gasteiger partial charge on any atom is 0.110 e. The van der Waals surface area contributed by atoms with Crippen LogP contribution in [0.25, 0.3) is 0 Å². The molecule has 0 aliphatic heterocycles. The van der Waals surface area contributed by atoms with E-state index in [-0.39, 0.29) is 4.84 Å². The minimum atomic E-state index is -0.473. The lowest BCUT2D eigenvalue weighted by Gasteiger charge is -2.34. The van der Waals surface area contributed by atoms with E-state index in [0.29, 0.717) is 5.92 Å². The summed E-state index contributed by atoms with van der Waals surface area (Å²) in [7, 11) is 0. The first-order valence-electron chi connectivity index (χ1n) is 3.87. The van der Waals surface area contributed by atoms with Gasteiger partial charge >= 0.3 is 0 Å². The molecule has 1 saturated carbocycles. The lowest BCUT2D eigenvalue weighted by Crippen LogP contribution is -2.52. The summed E-state index contributed by atoms with van der Waals surface area (Å²) in [6.07, 6.45) is 3.55. The summed E-state index contributed by atoms with van der Waals surface area (Å²) in [4.78, 5) is -0.258. The molecule has 1 aliphatic rings. The highest BCUT2D eigenvalue weighted by Gasteiger charge is 2.30. The van der Waals surface area contributed by atoms with Crippen molar-refractivity contribution < 1.29 is 0 Å². The Morgan fingerprint density at radius 2 is 1.64 bits per heavy atom. The maximum absolute atomic E-state index is 5.73. The van der Waals surface area contributed by atoms with Crippen molar-refractivity contribution in [2.75, 3.05) is 0 Å². The number of hydrogen-bond donors (Lipinski definition) is 2. The van der Waals surface area contributed by atoms with Gasteiger partial charge in [0.15, 0.2) is 0 Å². The van der Waals surface area contributed by atoms with Gasteiger partial charge in [-0.3, -0.25) is 0 Å². The Balaban J connectivity index is 2.36. The van der Waals surface area contributed by atoms with Gasteiger partial charge in [-0.1, -0.05) is 0 Å². The standard InChI is InChI=1S/C7H14Cl2N2/c8-6(9)5-1-3-7(10,11)4-2-5/h5-6H,1-4,10-11H2. The van der Waals surface area contributed by atoms with Gasteiger partial charge in [0, 0.05) is 0 Å². The third kappa shape index (κ3) is 2.79. The Kier molecular flexibility index (Phi) is 3.03. The van der Waals surface area contributed by atoms with Crippen LogP contribution in [0.1, 0.15) is 25.7 Å². The molecule has 0 aromatic heterocycles. The van der Waals surface area contributed by atoms with Gasteiger partial charge < -0.3 is 11.5 Å². The molecule has 0 spiro atoms. The molecule has 0 saturated heterocycles. The fourth-order valence-electron chi connectivity index (χ4n) is 1.43. The van der Waals surface area contributed by atoms with Crippen molar-refractivity contribution in [3.05, 3.63) is 0 Å². The van der Waals surface area contributed by atoms with Gasteiger partial charge in [0.25, 0.3) is 0 Å². The van der Waals surface area contributed by atoms with Crippen LogP contribution < -0.4 is 11.5 Å². The molecule has 66 valence electrons. The zero-order chi connectivity index (χ0) is 8.48. The van der Waals surface area contributed by atoms with Gasteiger partial charge in [0.2, 0.25) is 0 Å². The van der Waals surface area contributed by atoms with E-state index in [4.69, 9.17) is 34.7 Å². The molecule has 1 aliphatic carbocycles. The largest absolute Gasteiger partial charge is 0.313 e. The van der Waals surface area contributed by atoms with Crippen LogP contribution in [0, 0.1) is 5.92 Å². The first kappa shape index (κ1) is 9.59. The van der Waals surface area contributed by atoms with Gasteiger partial charge in [-0.25, -0.2) is 0 Å². The molecule has 0 bridgehead atoms. The average molecular weight is 197 g/mol. The Morgan fingerprint density at radius 3 is 2.00 bits per heavy atom. The van der Waals surface area contributed by atoms with Crippen LogP contribution in [-0.4, -0.2) is 10.5 Å². The first-order valence-corrected chi connectivity index (χ1v) is 4.74. The summed E-state index contributed by atoms with van der Waals surface area (Å²) in [5.41, 5.74) is 11.0. The quantitative estimate of drug-likeness (QED) is 0.495. The molecule has 0 aromatic carbocycles. The van der Waals surface area contributed by atoms with Crippen molar-refractivity contribution >= 4 is 23.2 Å². The third-order valence-corrected chi connectivity index (χ3v) is 3.03. The predicted octanol–water partition coefficient (Wildman–Crippen LogP) is 1.59. The molecular formula is C7H14Cl2N2. The van der Waals surface area contributed by atoms with Crippen molar-refractivity contribution in [2.24, 2.45) is 17.4 Å². The van der Waals surface area contributed by atoms with Crippen molar-refractivity contribution in [3.8, 4) is 0 Å². The van der Waals surface area contributed by atoms with E-state index in [1.54, 1.807) is 0 Å². The van der Waals surface area contributed by atoms with Gasteiger partial charge in [0.1, 0.15) is 4.84 Å². The summed E-state index contributed by atoms with van der Waals surface area (Å²) in [6, 6.07) is 0. The lowest BCUT2D eigenvalue weighted by atomic mass is 9.84. The molecule has 4 N–H and O–H groups in total. The zero-order valence-electron chi connectivity index (χ0n) is 6.39. The van der Waals surface area contributed by atoms with Crippen molar-refractivity contribution in [1.29, 1.82) is 0 Å². The highest BCUT2D eigenvalue weighted by molar-refractivity contribution is 6.44. The predicted molar refractivity (Wildman–Crippen MR) is 48.6 cm³/mol. The van der Waals surface area contributed by atoms with E-state index in [0.717, 1.165) is 25.7 Å². The highest BCUT2D eigenvalue weighted by atomic mass is 35.5. The molecule has 2 nitrogen and oxygen atoms in total. The summed E-state index contributed by atoms with van der Waals surface area (Å²) in [5, 5.41) is 0. The maximum atomic E-state index is 5.73. The molecule has 0 radical (unpaired) electrons. The van der Waals surface area contributed by atoms with E-state index in [2.05, 4.69) is 0 Å². The Morgan fingerprint density at radius 1 is 1.18 bits per heavy atom. The van der Waals surface area contributed by atoms with Gasteiger partial charge in [-0.05, 0) is 31.6 Å². The molecular weight excluding hydrogens is 183 g/mol. The molecule has 0 atom stereocenters. The SMILES string of the molecule is NC1(N)CCC(C(Cl)Cl)CC1. The van der Waals surface area contributed by atoms with E-state index < -0.39 is 5.66 Å². The van der Waals surface area contributed by atoms with Crippen LogP contribution in [0.15, 0.2) is 0 Å². The molecule has 0 unspecified atom stereocenters. The van der Waals surface area contributed by atoms with Crippen LogP contribution in [0.5, 0.6) is 0 Å². The molecule has 1 rings (SSSR count). The van der Waals surface area contributed by atoms with E-state index in [1.165, 1.54) is 0 Å². The Labute approximate surface area is 77.2 Å². The van der Waals surface area contributed by atoms with Crippen LogP contribution in [-0.2, 0) is 0 Å². The summed E-state index contributed by atoms with van der Waals surface area (Å²) < 4.78 is 0.